The molecule has 5 nitrogen and oxygen atoms in total. The maximum atomic E-state index is 12.4. The van der Waals surface area contributed by atoms with E-state index in [0.717, 1.165) is 33.9 Å². The molecule has 1 N–H and O–H groups in total. The summed E-state index contributed by atoms with van der Waals surface area (Å²) in [6, 6.07) is 27.4. The first-order valence-electron chi connectivity index (χ1n) is 11.5. The van der Waals surface area contributed by atoms with E-state index < -0.39 is 0 Å². The van der Waals surface area contributed by atoms with Crippen molar-refractivity contribution in [1.82, 2.24) is 4.98 Å². The van der Waals surface area contributed by atoms with Gasteiger partial charge in [0.1, 0.15) is 11.3 Å². The molecule has 0 fully saturated rings. The molecule has 0 spiro atoms. The summed E-state index contributed by atoms with van der Waals surface area (Å²) in [4.78, 5) is 17.1. The number of oxazole rings is 1. The smallest absolute Gasteiger partial charge is 0.262 e. The first-order valence-corrected chi connectivity index (χ1v) is 11.5. The Morgan fingerprint density at radius 1 is 1.00 bits per heavy atom. The average Bonchev–Trinajstić information content (AvgIpc) is 3.31. The van der Waals surface area contributed by atoms with Crippen LogP contribution in [0.2, 0.25) is 0 Å². The zero-order valence-corrected chi connectivity index (χ0v) is 19.2. The molecule has 5 rings (SSSR count). The van der Waals surface area contributed by atoms with E-state index in [-0.39, 0.29) is 12.5 Å². The molecule has 0 bridgehead atoms. The number of anilines is 1. The molecule has 0 unspecified atom stereocenters. The number of hydrogen-bond donors (Lipinski definition) is 1. The third kappa shape index (κ3) is 4.50. The molecule has 1 aromatic heterocycles. The standard InChI is InChI=1S/C29H26N2O3/c1-3-19(2)22-13-16-27-25(17-22)31-29(34-27)21-11-14-23(15-12-21)30-28(32)18-33-26-10-6-8-20-7-4-5-9-24(20)26/h4-17,19H,3,18H2,1-2H3,(H,30,32)/t19-/m1/s1. The monoisotopic (exact) mass is 450 g/mol. The van der Waals surface area contributed by atoms with Crippen molar-refractivity contribution in [3.8, 4) is 17.2 Å². The van der Waals surface area contributed by atoms with Crippen molar-refractivity contribution < 1.29 is 13.9 Å². The van der Waals surface area contributed by atoms with Crippen molar-refractivity contribution in [1.29, 1.82) is 0 Å². The summed E-state index contributed by atoms with van der Waals surface area (Å²) < 4.78 is 11.7. The topological polar surface area (TPSA) is 64.4 Å². The molecule has 34 heavy (non-hydrogen) atoms. The quantitative estimate of drug-likeness (QED) is 0.285. The van der Waals surface area contributed by atoms with Crippen molar-refractivity contribution in [2.24, 2.45) is 0 Å². The van der Waals surface area contributed by atoms with E-state index in [4.69, 9.17) is 9.15 Å². The van der Waals surface area contributed by atoms with Crippen molar-refractivity contribution in [3.05, 3.63) is 90.5 Å². The van der Waals surface area contributed by atoms with Gasteiger partial charge in [-0.15, -0.1) is 0 Å². The molecular formula is C29H26N2O3. The van der Waals surface area contributed by atoms with Gasteiger partial charge in [0.2, 0.25) is 5.89 Å². The van der Waals surface area contributed by atoms with E-state index in [1.807, 2.05) is 72.8 Å². The summed E-state index contributed by atoms with van der Waals surface area (Å²) in [5.41, 5.74) is 4.43. The molecule has 1 atom stereocenters. The fourth-order valence-corrected chi connectivity index (χ4v) is 3.97. The number of rotatable bonds is 7. The number of nitrogens with one attached hydrogen (secondary N) is 1. The lowest BCUT2D eigenvalue weighted by Crippen LogP contribution is -2.20. The zero-order chi connectivity index (χ0) is 23.5. The summed E-state index contributed by atoms with van der Waals surface area (Å²) in [5, 5.41) is 4.94. The Hall–Kier alpha value is -4.12. The van der Waals surface area contributed by atoms with Crippen LogP contribution in [0.5, 0.6) is 5.75 Å². The normalized spacial score (nSPS) is 12.1. The number of fused-ring (bicyclic) bond motifs is 2. The number of nitrogens with zero attached hydrogens (tertiary/aromatic N) is 1. The maximum absolute atomic E-state index is 12.4. The van der Waals surface area contributed by atoms with E-state index in [9.17, 15) is 4.79 Å². The van der Waals surface area contributed by atoms with Crippen LogP contribution in [-0.4, -0.2) is 17.5 Å². The van der Waals surface area contributed by atoms with Gasteiger partial charge in [-0.1, -0.05) is 56.3 Å². The van der Waals surface area contributed by atoms with Crippen molar-refractivity contribution in [2.45, 2.75) is 26.2 Å². The van der Waals surface area contributed by atoms with Gasteiger partial charge in [0, 0.05) is 16.6 Å². The summed E-state index contributed by atoms with van der Waals surface area (Å²) in [5.74, 6) is 1.52. The van der Waals surface area contributed by atoms with Crippen LogP contribution in [-0.2, 0) is 4.79 Å². The molecule has 0 radical (unpaired) electrons. The van der Waals surface area contributed by atoms with E-state index in [1.54, 1.807) is 0 Å². The maximum Gasteiger partial charge on any atom is 0.262 e. The molecule has 0 saturated heterocycles. The summed E-state index contributed by atoms with van der Waals surface area (Å²) >= 11 is 0. The predicted molar refractivity (Wildman–Crippen MR) is 136 cm³/mol. The minimum atomic E-state index is -0.222. The van der Waals surface area contributed by atoms with Crippen molar-refractivity contribution in [2.75, 3.05) is 11.9 Å². The largest absolute Gasteiger partial charge is 0.483 e. The second-order valence-corrected chi connectivity index (χ2v) is 8.45. The Balaban J connectivity index is 1.24. The number of carbonyl (C=O) groups is 1. The first-order chi connectivity index (χ1) is 16.6. The van der Waals surface area contributed by atoms with Crippen LogP contribution in [0.25, 0.3) is 33.3 Å². The summed E-state index contributed by atoms with van der Waals surface area (Å²) in [7, 11) is 0. The number of benzene rings is 4. The number of carbonyl (C=O) groups excluding carboxylic acids is 1. The van der Waals surface area contributed by atoms with Crippen LogP contribution in [0.15, 0.2) is 89.3 Å². The Morgan fingerprint density at radius 2 is 1.79 bits per heavy atom. The highest BCUT2D eigenvalue weighted by Crippen LogP contribution is 2.29. The minimum Gasteiger partial charge on any atom is -0.483 e. The Bertz CT molecular complexity index is 1450. The van der Waals surface area contributed by atoms with Crippen molar-refractivity contribution in [3.63, 3.8) is 0 Å². The van der Waals surface area contributed by atoms with E-state index in [1.165, 1.54) is 5.56 Å². The SMILES string of the molecule is CC[C@@H](C)c1ccc2oc(-c3ccc(NC(=O)COc4cccc5ccccc45)cc3)nc2c1. The Morgan fingerprint density at radius 3 is 2.62 bits per heavy atom. The number of hydrogen-bond acceptors (Lipinski definition) is 4. The van der Waals surface area contributed by atoms with Crippen LogP contribution >= 0.6 is 0 Å². The van der Waals surface area contributed by atoms with Crippen LogP contribution < -0.4 is 10.1 Å². The minimum absolute atomic E-state index is 0.0700. The lowest BCUT2D eigenvalue weighted by molar-refractivity contribution is -0.118. The third-order valence-corrected chi connectivity index (χ3v) is 6.12. The van der Waals surface area contributed by atoms with Crippen LogP contribution in [0.1, 0.15) is 31.7 Å². The predicted octanol–water partition coefficient (Wildman–Crippen LogP) is 7.18. The highest BCUT2D eigenvalue weighted by Gasteiger charge is 2.12. The average molecular weight is 451 g/mol. The fourth-order valence-electron chi connectivity index (χ4n) is 3.97. The molecule has 5 aromatic rings. The van der Waals surface area contributed by atoms with Gasteiger partial charge in [-0.3, -0.25) is 4.79 Å². The second kappa shape index (κ2) is 9.40. The lowest BCUT2D eigenvalue weighted by atomic mass is 9.98. The van der Waals surface area contributed by atoms with Gasteiger partial charge in [0.25, 0.3) is 5.91 Å². The van der Waals surface area contributed by atoms with Crippen LogP contribution in [0, 0.1) is 0 Å². The van der Waals surface area contributed by atoms with Gasteiger partial charge in [0.15, 0.2) is 12.2 Å². The molecular weight excluding hydrogens is 424 g/mol. The molecule has 4 aromatic carbocycles. The second-order valence-electron chi connectivity index (χ2n) is 8.45. The van der Waals surface area contributed by atoms with Gasteiger partial charge in [0.05, 0.1) is 0 Å². The number of aromatic nitrogens is 1. The molecule has 0 saturated carbocycles. The summed E-state index contributed by atoms with van der Waals surface area (Å²) in [6.45, 7) is 4.32. The molecule has 1 heterocycles. The van der Waals surface area contributed by atoms with Gasteiger partial charge in [-0.2, -0.15) is 0 Å². The van der Waals surface area contributed by atoms with E-state index in [2.05, 4.69) is 36.3 Å². The fraction of sp³-hybridized carbons (Fsp3) is 0.172. The van der Waals surface area contributed by atoms with Gasteiger partial charge < -0.3 is 14.5 Å². The highest BCUT2D eigenvalue weighted by molar-refractivity contribution is 5.93. The molecule has 0 aliphatic heterocycles. The van der Waals surface area contributed by atoms with Gasteiger partial charge in [-0.25, -0.2) is 4.98 Å². The van der Waals surface area contributed by atoms with Gasteiger partial charge >= 0.3 is 0 Å². The van der Waals surface area contributed by atoms with Crippen LogP contribution in [0.4, 0.5) is 5.69 Å². The van der Waals surface area contributed by atoms with E-state index >= 15 is 0 Å². The van der Waals surface area contributed by atoms with Gasteiger partial charge in [-0.05, 0) is 65.8 Å². The number of amides is 1. The molecule has 170 valence electrons. The molecule has 0 aliphatic carbocycles. The summed E-state index contributed by atoms with van der Waals surface area (Å²) in [6.07, 6.45) is 1.08. The van der Waals surface area contributed by atoms with Crippen molar-refractivity contribution >= 4 is 33.5 Å². The molecule has 0 aliphatic rings. The highest BCUT2D eigenvalue weighted by atomic mass is 16.5. The van der Waals surface area contributed by atoms with E-state index in [0.29, 0.717) is 23.2 Å². The molecule has 5 heteroatoms. The lowest BCUT2D eigenvalue weighted by Gasteiger charge is -2.10. The Kier molecular flexibility index (Phi) is 6.00. The van der Waals surface area contributed by atoms with Crippen LogP contribution in [0.3, 0.4) is 0 Å². The zero-order valence-electron chi connectivity index (χ0n) is 19.2. The first kappa shape index (κ1) is 21.7. The molecule has 1 amide bonds. The Labute approximate surface area is 198 Å². The third-order valence-electron chi connectivity index (χ3n) is 6.12. The number of ether oxygens (including phenoxy) is 1.